The predicted molar refractivity (Wildman–Crippen MR) is 48.7 cm³/mol. The van der Waals surface area contributed by atoms with Gasteiger partial charge >= 0.3 is 0 Å². The van der Waals surface area contributed by atoms with Gasteiger partial charge in [0.25, 0.3) is 0 Å². The molecule has 0 aliphatic heterocycles. The first kappa shape index (κ1) is 7.67. The number of phenols is 1. The number of aromatic hydroxyl groups is 1. The molecule has 0 saturated carbocycles. The predicted octanol–water partition coefficient (Wildman–Crippen LogP) is 0.722. The zero-order valence-electron chi connectivity index (χ0n) is 5.98. The Labute approximate surface area is 69.6 Å². The van der Waals surface area contributed by atoms with Crippen molar-refractivity contribution >= 4 is 29.2 Å². The molecular weight excluding hydrogens is 191 g/mol. The van der Waals surface area contributed by atoms with Crippen molar-refractivity contribution in [2.75, 3.05) is 0 Å². The Morgan fingerprint density at radius 1 is 1.50 bits per heavy atom. The highest BCUT2D eigenvalue weighted by molar-refractivity contribution is 9.10. The summed E-state index contributed by atoms with van der Waals surface area (Å²) < 4.78 is 0.769. The van der Waals surface area contributed by atoms with E-state index in [0.29, 0.717) is 5.75 Å². The zero-order valence-corrected chi connectivity index (χ0v) is 7.57. The average Bonchev–Trinajstić information content (AvgIpc) is 1.82. The summed E-state index contributed by atoms with van der Waals surface area (Å²) in [5, 5.41) is 9.28. The van der Waals surface area contributed by atoms with Gasteiger partial charge in [0.2, 0.25) is 0 Å². The lowest BCUT2D eigenvalue weighted by Crippen LogP contribution is -2.03. The lowest BCUT2D eigenvalue weighted by molar-refractivity contribution is 0.476. The fraction of sp³-hybridized carbons (Fsp3) is 0.143. The van der Waals surface area contributed by atoms with Gasteiger partial charge in [0.1, 0.15) is 13.6 Å². The second-order valence-electron chi connectivity index (χ2n) is 2.41. The number of hydrogen-bond acceptors (Lipinski definition) is 1. The SMILES string of the molecule is Bc1cc(C)cc(Br)c1O. The van der Waals surface area contributed by atoms with Crippen LogP contribution in [-0.2, 0) is 0 Å². The summed E-state index contributed by atoms with van der Waals surface area (Å²) in [5.74, 6) is 0.339. The molecule has 0 bridgehead atoms. The molecule has 0 aliphatic carbocycles. The molecule has 1 N–H and O–H groups in total. The fourth-order valence-electron chi connectivity index (χ4n) is 0.908. The topological polar surface area (TPSA) is 20.2 Å². The molecule has 0 saturated heterocycles. The number of halogens is 1. The molecule has 1 aromatic rings. The molecule has 1 rings (SSSR count). The zero-order chi connectivity index (χ0) is 7.72. The van der Waals surface area contributed by atoms with E-state index in [2.05, 4.69) is 15.9 Å². The van der Waals surface area contributed by atoms with Crippen LogP contribution < -0.4 is 5.46 Å². The van der Waals surface area contributed by atoms with Crippen LogP contribution in [0.15, 0.2) is 16.6 Å². The van der Waals surface area contributed by atoms with Gasteiger partial charge in [0.05, 0.1) is 4.47 Å². The van der Waals surface area contributed by atoms with Crippen LogP contribution in [0, 0.1) is 6.92 Å². The van der Waals surface area contributed by atoms with E-state index in [4.69, 9.17) is 0 Å². The molecule has 0 radical (unpaired) electrons. The van der Waals surface area contributed by atoms with Crippen LogP contribution in [0.5, 0.6) is 5.75 Å². The monoisotopic (exact) mass is 198 g/mol. The molecule has 1 nitrogen and oxygen atoms in total. The minimum Gasteiger partial charge on any atom is -0.507 e. The second kappa shape index (κ2) is 2.66. The first-order valence-corrected chi connectivity index (χ1v) is 3.86. The molecule has 0 aromatic heterocycles. The van der Waals surface area contributed by atoms with Gasteiger partial charge in [-0.05, 0) is 34.4 Å². The number of aryl methyl sites for hydroxylation is 1. The summed E-state index contributed by atoms with van der Waals surface area (Å²) in [6.07, 6.45) is 0. The molecule has 0 aliphatic rings. The molecule has 52 valence electrons. The van der Waals surface area contributed by atoms with E-state index in [1.165, 1.54) is 0 Å². The van der Waals surface area contributed by atoms with E-state index in [9.17, 15) is 5.11 Å². The van der Waals surface area contributed by atoms with Crippen molar-refractivity contribution < 1.29 is 5.11 Å². The van der Waals surface area contributed by atoms with E-state index in [0.717, 1.165) is 15.5 Å². The minimum atomic E-state index is 0.339. The van der Waals surface area contributed by atoms with Gasteiger partial charge in [0.15, 0.2) is 0 Å². The third-order valence-electron chi connectivity index (χ3n) is 1.40. The highest BCUT2D eigenvalue weighted by Gasteiger charge is 2.00. The Hall–Kier alpha value is -0.435. The van der Waals surface area contributed by atoms with Crippen molar-refractivity contribution in [3.63, 3.8) is 0 Å². The smallest absolute Gasteiger partial charge is 0.144 e. The first-order chi connectivity index (χ1) is 4.61. The third-order valence-corrected chi connectivity index (χ3v) is 2.00. The summed E-state index contributed by atoms with van der Waals surface area (Å²) in [6, 6.07) is 3.84. The van der Waals surface area contributed by atoms with Crippen LogP contribution in [0.4, 0.5) is 0 Å². The van der Waals surface area contributed by atoms with Crippen LogP contribution >= 0.6 is 15.9 Å². The summed E-state index contributed by atoms with van der Waals surface area (Å²) >= 11 is 3.25. The van der Waals surface area contributed by atoms with Crippen LogP contribution in [-0.4, -0.2) is 13.0 Å². The molecule has 0 heterocycles. The van der Waals surface area contributed by atoms with E-state index in [1.54, 1.807) is 0 Å². The van der Waals surface area contributed by atoms with E-state index in [1.807, 2.05) is 26.9 Å². The van der Waals surface area contributed by atoms with Crippen molar-refractivity contribution in [1.82, 2.24) is 0 Å². The number of phenolic OH excluding ortho intramolecular Hbond substituents is 1. The largest absolute Gasteiger partial charge is 0.507 e. The summed E-state index contributed by atoms with van der Waals surface area (Å²) in [6.45, 7) is 2.00. The van der Waals surface area contributed by atoms with Gasteiger partial charge < -0.3 is 5.11 Å². The minimum absolute atomic E-state index is 0.339. The average molecular weight is 199 g/mol. The lowest BCUT2D eigenvalue weighted by Gasteiger charge is -2.02. The van der Waals surface area contributed by atoms with Gasteiger partial charge in [-0.3, -0.25) is 0 Å². The first-order valence-electron chi connectivity index (χ1n) is 3.07. The lowest BCUT2D eigenvalue weighted by atomic mass is 9.93. The van der Waals surface area contributed by atoms with Gasteiger partial charge in [-0.15, -0.1) is 0 Å². The molecule has 0 atom stereocenters. The molecule has 3 heteroatoms. The molecule has 1 aromatic carbocycles. The van der Waals surface area contributed by atoms with E-state index in [-0.39, 0.29) is 0 Å². The summed E-state index contributed by atoms with van der Waals surface area (Å²) in [7, 11) is 1.88. The Morgan fingerprint density at radius 2 is 2.10 bits per heavy atom. The van der Waals surface area contributed by atoms with Gasteiger partial charge in [-0.25, -0.2) is 0 Å². The standard InChI is InChI=1S/C7H8BBrO/c1-4-2-5(8)7(10)6(9)3-4/h2-3,10H,8H2,1H3. The van der Waals surface area contributed by atoms with Crippen LogP contribution in [0.3, 0.4) is 0 Å². The molecule has 10 heavy (non-hydrogen) atoms. The Bertz CT molecular complexity index is 237. The summed E-state index contributed by atoms with van der Waals surface area (Å²) in [4.78, 5) is 0. The van der Waals surface area contributed by atoms with Crippen molar-refractivity contribution in [3.05, 3.63) is 22.2 Å². The van der Waals surface area contributed by atoms with Crippen LogP contribution in [0.2, 0.25) is 0 Å². The quantitative estimate of drug-likeness (QED) is 0.610. The Morgan fingerprint density at radius 3 is 2.60 bits per heavy atom. The van der Waals surface area contributed by atoms with E-state index < -0.39 is 0 Å². The van der Waals surface area contributed by atoms with Crippen LogP contribution in [0.25, 0.3) is 0 Å². The molecule has 0 spiro atoms. The fourth-order valence-corrected chi connectivity index (χ4v) is 1.58. The van der Waals surface area contributed by atoms with Gasteiger partial charge in [-0.2, -0.15) is 0 Å². The van der Waals surface area contributed by atoms with Crippen molar-refractivity contribution in [1.29, 1.82) is 0 Å². The highest BCUT2D eigenvalue weighted by Crippen LogP contribution is 2.21. The molecule has 0 unspecified atom stereocenters. The van der Waals surface area contributed by atoms with Crippen molar-refractivity contribution in [2.24, 2.45) is 0 Å². The van der Waals surface area contributed by atoms with Gasteiger partial charge in [0, 0.05) is 0 Å². The van der Waals surface area contributed by atoms with Crippen molar-refractivity contribution in [2.45, 2.75) is 6.92 Å². The maximum absolute atomic E-state index is 9.28. The molecule has 0 fully saturated rings. The van der Waals surface area contributed by atoms with Gasteiger partial charge in [-0.1, -0.05) is 11.6 Å². The summed E-state index contributed by atoms with van der Waals surface area (Å²) in [5.41, 5.74) is 2.06. The number of benzene rings is 1. The van der Waals surface area contributed by atoms with E-state index >= 15 is 0 Å². The Balaban J connectivity index is 3.31. The highest BCUT2D eigenvalue weighted by atomic mass is 79.9. The molecule has 0 amide bonds. The molecular formula is C7H8BBrO. The Kier molecular flexibility index (Phi) is 2.04. The maximum atomic E-state index is 9.28. The third kappa shape index (κ3) is 1.35. The number of rotatable bonds is 0. The maximum Gasteiger partial charge on any atom is 0.144 e. The van der Waals surface area contributed by atoms with Crippen molar-refractivity contribution in [3.8, 4) is 5.75 Å². The normalized spacial score (nSPS) is 9.80. The second-order valence-corrected chi connectivity index (χ2v) is 3.27. The van der Waals surface area contributed by atoms with Crippen LogP contribution in [0.1, 0.15) is 5.56 Å². The number of hydrogen-bond donors (Lipinski definition) is 1.